The van der Waals surface area contributed by atoms with Gasteiger partial charge < -0.3 is 9.26 Å². The highest BCUT2D eigenvalue weighted by atomic mass is 32.2. The van der Waals surface area contributed by atoms with Crippen LogP contribution in [-0.2, 0) is 21.0 Å². The van der Waals surface area contributed by atoms with Gasteiger partial charge in [0.15, 0.2) is 0 Å². The number of methoxy groups -OCH3 is 1. The molecule has 3 heterocycles. The number of amides is 2. The van der Waals surface area contributed by atoms with E-state index in [0.717, 1.165) is 22.3 Å². The first-order valence-corrected chi connectivity index (χ1v) is 14.1. The van der Waals surface area contributed by atoms with Gasteiger partial charge in [-0.25, -0.2) is 0 Å². The number of carbonyl (C=O) groups is 2. The summed E-state index contributed by atoms with van der Waals surface area (Å²) in [6.07, 6.45) is 0. The lowest BCUT2D eigenvalue weighted by molar-refractivity contribution is -0.123. The summed E-state index contributed by atoms with van der Waals surface area (Å²) in [4.78, 5) is 34.2. The van der Waals surface area contributed by atoms with Crippen LogP contribution in [0.3, 0.4) is 0 Å². The second-order valence-corrected chi connectivity index (χ2v) is 10.9. The monoisotopic (exact) mass is 560 g/mol. The highest BCUT2D eigenvalue weighted by molar-refractivity contribution is 8.02. The van der Waals surface area contributed by atoms with E-state index >= 15 is 0 Å². The Kier molecular flexibility index (Phi) is 6.09. The molecule has 2 amide bonds. The van der Waals surface area contributed by atoms with E-state index in [9.17, 15) is 9.59 Å². The Morgan fingerprint density at radius 2 is 1.54 bits per heavy atom. The summed E-state index contributed by atoms with van der Waals surface area (Å²) in [5.41, 5.74) is 5.13. The molecule has 0 saturated carbocycles. The lowest BCUT2D eigenvalue weighted by Crippen LogP contribution is -2.49. The fraction of sp³-hybridized carbons (Fsp3) is 0.125. The van der Waals surface area contributed by atoms with Gasteiger partial charge in [0.2, 0.25) is 22.5 Å². The van der Waals surface area contributed by atoms with Gasteiger partial charge in [0.05, 0.1) is 18.6 Å². The largest absolute Gasteiger partial charge is 0.497 e. The maximum absolute atomic E-state index is 14.3. The van der Waals surface area contributed by atoms with E-state index in [1.165, 1.54) is 11.8 Å². The zero-order chi connectivity index (χ0) is 28.0. The summed E-state index contributed by atoms with van der Waals surface area (Å²) >= 11 is 1.33. The molecule has 4 aromatic carbocycles. The summed E-state index contributed by atoms with van der Waals surface area (Å²) in [7, 11) is 1.59. The zero-order valence-electron chi connectivity index (χ0n) is 22.1. The average Bonchev–Trinajstić information content (AvgIpc) is 3.70. The number of carbonyl (C=O) groups excluding carboxylic acids is 2. The minimum absolute atomic E-state index is 0.0812. The smallest absolute Gasteiger partial charge is 0.269 e. The number of hydrogen-bond acceptors (Lipinski definition) is 7. The molecule has 7 rings (SSSR count). The van der Waals surface area contributed by atoms with Crippen molar-refractivity contribution < 1.29 is 18.8 Å². The van der Waals surface area contributed by atoms with Crippen LogP contribution in [0.4, 0.5) is 11.4 Å². The third kappa shape index (κ3) is 4.08. The van der Waals surface area contributed by atoms with Gasteiger partial charge in [-0.1, -0.05) is 78.0 Å². The second-order valence-electron chi connectivity index (χ2n) is 9.72. The van der Waals surface area contributed by atoms with Crippen molar-refractivity contribution in [1.82, 2.24) is 10.1 Å². The molecule has 0 bridgehead atoms. The number of aromatic nitrogens is 2. The topological polar surface area (TPSA) is 88.8 Å². The summed E-state index contributed by atoms with van der Waals surface area (Å²) in [6, 6.07) is 32.8. The third-order valence-corrected chi connectivity index (χ3v) is 8.79. The second kappa shape index (κ2) is 9.94. The number of fused-ring (bicyclic) bond motifs is 2. The Hall–Kier alpha value is -4.89. The van der Waals surface area contributed by atoms with Crippen LogP contribution < -0.4 is 14.5 Å². The van der Waals surface area contributed by atoms with Gasteiger partial charge in [-0.05, 0) is 41.5 Å². The van der Waals surface area contributed by atoms with Crippen LogP contribution in [0.25, 0.3) is 22.5 Å². The van der Waals surface area contributed by atoms with Gasteiger partial charge in [-0.2, -0.15) is 4.98 Å². The van der Waals surface area contributed by atoms with Crippen LogP contribution in [-0.4, -0.2) is 34.8 Å². The molecule has 8 nitrogen and oxygen atoms in total. The molecular weight excluding hydrogens is 536 g/mol. The van der Waals surface area contributed by atoms with Crippen molar-refractivity contribution in [2.45, 2.75) is 11.4 Å². The number of ether oxygens (including phenoxy) is 1. The quantitative estimate of drug-likeness (QED) is 0.256. The number of para-hydroxylation sites is 1. The van der Waals surface area contributed by atoms with Gasteiger partial charge in [0.25, 0.3) is 5.91 Å². The van der Waals surface area contributed by atoms with Crippen molar-refractivity contribution in [3.05, 3.63) is 115 Å². The zero-order valence-corrected chi connectivity index (χ0v) is 22.9. The Labute approximate surface area is 240 Å². The van der Waals surface area contributed by atoms with Crippen molar-refractivity contribution in [2.24, 2.45) is 0 Å². The highest BCUT2D eigenvalue weighted by Crippen LogP contribution is 2.56. The summed E-state index contributed by atoms with van der Waals surface area (Å²) in [6.45, 7) is 0.0812. The molecule has 0 N–H and O–H groups in total. The first-order valence-electron chi connectivity index (χ1n) is 13.1. The van der Waals surface area contributed by atoms with E-state index in [4.69, 9.17) is 9.26 Å². The lowest BCUT2D eigenvalue weighted by atomic mass is 10.0. The maximum Gasteiger partial charge on any atom is 0.269 e. The van der Waals surface area contributed by atoms with E-state index in [-0.39, 0.29) is 24.1 Å². The molecule has 1 atom stereocenters. The van der Waals surface area contributed by atoms with Crippen LogP contribution >= 0.6 is 11.8 Å². The molecule has 1 saturated heterocycles. The summed E-state index contributed by atoms with van der Waals surface area (Å²) < 4.78 is 10.9. The van der Waals surface area contributed by atoms with Gasteiger partial charge in [0.1, 0.15) is 12.3 Å². The molecule has 2 aliphatic heterocycles. The fourth-order valence-electron chi connectivity index (χ4n) is 5.46. The van der Waals surface area contributed by atoms with Gasteiger partial charge in [0, 0.05) is 16.8 Å². The molecule has 202 valence electrons. The van der Waals surface area contributed by atoms with Crippen LogP contribution in [0, 0.1) is 0 Å². The molecule has 0 radical (unpaired) electrons. The molecular formula is C32H24N4O4S. The SMILES string of the molecule is COc1ccc(N2C(=O)CSC23C(=O)N(Cc2nc(-c4ccc(-c5ccccc5)cc4)no2)c2ccccc23)cc1. The molecule has 1 fully saturated rings. The molecule has 9 heteroatoms. The third-order valence-electron chi connectivity index (χ3n) is 7.41. The summed E-state index contributed by atoms with van der Waals surface area (Å²) in [5, 5.41) is 4.19. The molecule has 0 aliphatic carbocycles. The standard InChI is InChI=1S/C32H24N4O4S/c1-39-25-17-15-24(16-18-25)36-29(37)20-41-32(36)26-9-5-6-10-27(26)35(31(32)38)19-28-33-30(34-40-28)23-13-11-22(12-14-23)21-7-3-2-4-8-21/h2-18H,19-20H2,1H3. The molecule has 1 spiro atoms. The minimum Gasteiger partial charge on any atom is -0.497 e. The Morgan fingerprint density at radius 3 is 2.29 bits per heavy atom. The number of hydrogen-bond donors (Lipinski definition) is 0. The number of nitrogens with zero attached hydrogens (tertiary/aromatic N) is 4. The van der Waals surface area contributed by atoms with Crippen molar-refractivity contribution in [1.29, 1.82) is 0 Å². The highest BCUT2D eigenvalue weighted by Gasteiger charge is 2.61. The minimum atomic E-state index is -1.22. The first-order chi connectivity index (χ1) is 20.1. The van der Waals surface area contributed by atoms with E-state index in [0.29, 0.717) is 28.8 Å². The number of rotatable bonds is 6. The van der Waals surface area contributed by atoms with Crippen molar-refractivity contribution in [3.63, 3.8) is 0 Å². The van der Waals surface area contributed by atoms with Crippen molar-refractivity contribution in [3.8, 4) is 28.3 Å². The fourth-order valence-corrected chi connectivity index (χ4v) is 6.82. The Bertz CT molecular complexity index is 1760. The van der Waals surface area contributed by atoms with E-state index in [1.54, 1.807) is 41.2 Å². The van der Waals surface area contributed by atoms with Crippen molar-refractivity contribution >= 4 is 35.0 Å². The number of benzene rings is 4. The van der Waals surface area contributed by atoms with E-state index < -0.39 is 4.87 Å². The normalized spacial score (nSPS) is 17.9. The lowest BCUT2D eigenvalue weighted by Gasteiger charge is -2.33. The molecule has 41 heavy (non-hydrogen) atoms. The Balaban J connectivity index is 1.19. The molecule has 2 aliphatic rings. The average molecular weight is 561 g/mol. The van der Waals surface area contributed by atoms with Gasteiger partial charge in [-0.3, -0.25) is 19.4 Å². The maximum atomic E-state index is 14.3. The van der Waals surface area contributed by atoms with E-state index in [2.05, 4.69) is 22.3 Å². The number of thioether (sulfide) groups is 1. The van der Waals surface area contributed by atoms with Crippen LogP contribution in [0.5, 0.6) is 5.75 Å². The molecule has 1 unspecified atom stereocenters. The molecule has 5 aromatic rings. The number of anilines is 2. The van der Waals surface area contributed by atoms with Crippen LogP contribution in [0.1, 0.15) is 11.5 Å². The first kappa shape index (κ1) is 25.1. The summed E-state index contributed by atoms with van der Waals surface area (Å²) in [5.74, 6) is 1.24. The predicted octanol–water partition coefficient (Wildman–Crippen LogP) is 5.89. The van der Waals surface area contributed by atoms with Gasteiger partial charge in [-0.15, -0.1) is 11.8 Å². The van der Waals surface area contributed by atoms with Crippen LogP contribution in [0.2, 0.25) is 0 Å². The predicted molar refractivity (Wildman–Crippen MR) is 157 cm³/mol. The van der Waals surface area contributed by atoms with Crippen molar-refractivity contribution in [2.75, 3.05) is 22.7 Å². The van der Waals surface area contributed by atoms with Crippen LogP contribution in [0.15, 0.2) is 108 Å². The van der Waals surface area contributed by atoms with Gasteiger partial charge >= 0.3 is 0 Å². The Morgan fingerprint density at radius 1 is 0.854 bits per heavy atom. The van der Waals surface area contributed by atoms with E-state index in [1.807, 2.05) is 66.7 Å². The molecule has 1 aromatic heterocycles.